The van der Waals surface area contributed by atoms with Crippen molar-refractivity contribution in [3.8, 4) is 17.0 Å². The Bertz CT molecular complexity index is 788. The van der Waals surface area contributed by atoms with Gasteiger partial charge >= 0.3 is 0 Å². The first-order chi connectivity index (χ1) is 10.7. The molecule has 3 aromatic rings. The highest BCUT2D eigenvalue weighted by Crippen LogP contribution is 2.35. The van der Waals surface area contributed by atoms with Gasteiger partial charge in [0, 0.05) is 23.1 Å². The van der Waals surface area contributed by atoms with Gasteiger partial charge in [-0.1, -0.05) is 26.0 Å². The molecule has 0 aliphatic rings. The van der Waals surface area contributed by atoms with E-state index in [0.29, 0.717) is 12.5 Å². The summed E-state index contributed by atoms with van der Waals surface area (Å²) in [4.78, 5) is 5.88. The molecule has 0 spiro atoms. The van der Waals surface area contributed by atoms with Crippen LogP contribution in [0.3, 0.4) is 0 Å². The van der Waals surface area contributed by atoms with E-state index >= 15 is 0 Å². The number of aromatic nitrogens is 2. The van der Waals surface area contributed by atoms with Crippen molar-refractivity contribution in [3.05, 3.63) is 41.0 Å². The maximum absolute atomic E-state index is 5.85. The average molecular weight is 315 g/mol. The zero-order valence-electron chi connectivity index (χ0n) is 13.2. The van der Waals surface area contributed by atoms with Crippen LogP contribution >= 0.6 is 11.3 Å². The van der Waals surface area contributed by atoms with Crippen LogP contribution in [-0.2, 0) is 6.42 Å². The van der Waals surface area contributed by atoms with E-state index in [1.807, 2.05) is 18.2 Å². The van der Waals surface area contributed by atoms with Crippen LogP contribution in [0.2, 0.25) is 0 Å². The minimum Gasteiger partial charge on any atom is -0.496 e. The van der Waals surface area contributed by atoms with Crippen LogP contribution in [0, 0.1) is 0 Å². The van der Waals surface area contributed by atoms with Gasteiger partial charge in [0.25, 0.3) is 0 Å². The largest absolute Gasteiger partial charge is 0.496 e. The Hall–Kier alpha value is -1.85. The van der Waals surface area contributed by atoms with Crippen LogP contribution in [0.4, 0.5) is 0 Å². The summed E-state index contributed by atoms with van der Waals surface area (Å²) in [5, 5.41) is 2.19. The van der Waals surface area contributed by atoms with Crippen molar-refractivity contribution >= 4 is 16.3 Å². The Balaban J connectivity index is 2.27. The topological polar surface area (TPSA) is 52.5 Å². The molecule has 3 rings (SSSR count). The summed E-state index contributed by atoms with van der Waals surface area (Å²) in [7, 11) is 1.69. The monoisotopic (exact) mass is 315 g/mol. The molecule has 0 amide bonds. The number of ether oxygens (including phenoxy) is 1. The van der Waals surface area contributed by atoms with Gasteiger partial charge < -0.3 is 10.5 Å². The average Bonchev–Trinajstić information content (AvgIpc) is 3.07. The Labute approximate surface area is 134 Å². The number of fused-ring (bicyclic) bond motifs is 1. The van der Waals surface area contributed by atoms with E-state index in [-0.39, 0.29) is 0 Å². The number of nitrogens with zero attached hydrogens (tertiary/aromatic N) is 2. The number of nitrogens with two attached hydrogens (primary N) is 1. The first kappa shape index (κ1) is 15.1. The first-order valence-electron chi connectivity index (χ1n) is 7.49. The van der Waals surface area contributed by atoms with Gasteiger partial charge in [0.2, 0.25) is 0 Å². The minimum atomic E-state index is 0.449. The van der Waals surface area contributed by atoms with Crippen molar-refractivity contribution in [1.82, 2.24) is 9.38 Å². The second kappa shape index (κ2) is 6.10. The second-order valence-corrected chi connectivity index (χ2v) is 6.42. The molecule has 2 N–H and O–H groups in total. The van der Waals surface area contributed by atoms with Crippen molar-refractivity contribution in [3.63, 3.8) is 0 Å². The molecule has 0 aliphatic heterocycles. The third kappa shape index (κ3) is 2.40. The first-order valence-corrected chi connectivity index (χ1v) is 8.37. The SMILES string of the molecule is COc1ccccc1-c1nc2scc(C(C)C)n2c1CCN. The molecule has 0 bridgehead atoms. The quantitative estimate of drug-likeness (QED) is 0.781. The van der Waals surface area contributed by atoms with Crippen LogP contribution in [-0.4, -0.2) is 23.0 Å². The third-order valence-electron chi connectivity index (χ3n) is 3.82. The van der Waals surface area contributed by atoms with E-state index in [2.05, 4.69) is 29.7 Å². The fourth-order valence-electron chi connectivity index (χ4n) is 2.76. The fourth-order valence-corrected chi connectivity index (χ4v) is 3.83. The van der Waals surface area contributed by atoms with Gasteiger partial charge in [-0.2, -0.15) is 0 Å². The highest BCUT2D eigenvalue weighted by molar-refractivity contribution is 7.15. The minimum absolute atomic E-state index is 0.449. The van der Waals surface area contributed by atoms with Crippen molar-refractivity contribution in [2.45, 2.75) is 26.2 Å². The highest BCUT2D eigenvalue weighted by atomic mass is 32.1. The lowest BCUT2D eigenvalue weighted by atomic mass is 10.1. The van der Waals surface area contributed by atoms with Gasteiger partial charge in [0.15, 0.2) is 4.96 Å². The summed E-state index contributed by atoms with van der Waals surface area (Å²) < 4.78 is 7.77. The number of benzene rings is 1. The molecular weight excluding hydrogens is 294 g/mol. The van der Waals surface area contributed by atoms with Crippen LogP contribution in [0.5, 0.6) is 5.75 Å². The Morgan fingerprint density at radius 1 is 1.32 bits per heavy atom. The Morgan fingerprint density at radius 2 is 2.09 bits per heavy atom. The maximum atomic E-state index is 5.85. The predicted octanol–water partition coefficient (Wildman–Crippen LogP) is 3.70. The summed E-state index contributed by atoms with van der Waals surface area (Å²) in [5.74, 6) is 1.29. The van der Waals surface area contributed by atoms with Crippen molar-refractivity contribution in [2.75, 3.05) is 13.7 Å². The lowest BCUT2D eigenvalue weighted by molar-refractivity contribution is 0.416. The molecule has 0 unspecified atom stereocenters. The number of rotatable bonds is 5. The molecule has 0 fully saturated rings. The van der Waals surface area contributed by atoms with Crippen molar-refractivity contribution in [2.24, 2.45) is 5.73 Å². The molecule has 0 atom stereocenters. The summed E-state index contributed by atoms with van der Waals surface area (Å²) in [6.07, 6.45) is 0.797. The molecular formula is C17H21N3OS. The highest BCUT2D eigenvalue weighted by Gasteiger charge is 2.20. The number of hydrogen-bond donors (Lipinski definition) is 1. The molecule has 1 aromatic carbocycles. The lowest BCUT2D eigenvalue weighted by Crippen LogP contribution is -2.08. The number of imidazole rings is 1. The van der Waals surface area contributed by atoms with E-state index in [1.54, 1.807) is 18.4 Å². The zero-order valence-corrected chi connectivity index (χ0v) is 14.0. The van der Waals surface area contributed by atoms with Crippen molar-refractivity contribution in [1.29, 1.82) is 0 Å². The lowest BCUT2D eigenvalue weighted by Gasteiger charge is -2.10. The Kier molecular flexibility index (Phi) is 4.18. The molecule has 0 saturated carbocycles. The molecule has 0 aliphatic carbocycles. The maximum Gasteiger partial charge on any atom is 0.194 e. The van der Waals surface area contributed by atoms with E-state index < -0.39 is 0 Å². The molecule has 4 nitrogen and oxygen atoms in total. The van der Waals surface area contributed by atoms with Gasteiger partial charge in [-0.15, -0.1) is 11.3 Å². The van der Waals surface area contributed by atoms with Gasteiger partial charge in [-0.25, -0.2) is 4.98 Å². The third-order valence-corrected chi connectivity index (χ3v) is 4.66. The van der Waals surface area contributed by atoms with E-state index in [9.17, 15) is 0 Å². The second-order valence-electron chi connectivity index (χ2n) is 5.58. The predicted molar refractivity (Wildman–Crippen MR) is 91.9 cm³/mol. The van der Waals surface area contributed by atoms with E-state index in [4.69, 9.17) is 15.5 Å². The van der Waals surface area contributed by atoms with Crippen LogP contribution < -0.4 is 10.5 Å². The summed E-state index contributed by atoms with van der Waals surface area (Å²) in [5.41, 5.74) is 10.3. The van der Waals surface area contributed by atoms with E-state index in [0.717, 1.165) is 28.4 Å². The molecule has 0 radical (unpaired) electrons. The number of hydrogen-bond acceptors (Lipinski definition) is 4. The molecule has 2 heterocycles. The van der Waals surface area contributed by atoms with Gasteiger partial charge in [0.05, 0.1) is 18.5 Å². The van der Waals surface area contributed by atoms with Gasteiger partial charge in [-0.05, 0) is 24.6 Å². The van der Waals surface area contributed by atoms with E-state index in [1.165, 1.54) is 11.4 Å². The molecule has 5 heteroatoms. The zero-order chi connectivity index (χ0) is 15.7. The summed E-state index contributed by atoms with van der Waals surface area (Å²) in [6, 6.07) is 8.02. The summed E-state index contributed by atoms with van der Waals surface area (Å²) in [6.45, 7) is 5.01. The number of para-hydroxylation sites is 1. The van der Waals surface area contributed by atoms with Crippen LogP contribution in [0.1, 0.15) is 31.2 Å². The number of thiazole rings is 1. The normalized spacial score (nSPS) is 11.5. The molecule has 0 saturated heterocycles. The summed E-state index contributed by atoms with van der Waals surface area (Å²) >= 11 is 1.68. The fraction of sp³-hybridized carbons (Fsp3) is 0.353. The van der Waals surface area contributed by atoms with Gasteiger partial charge in [0.1, 0.15) is 5.75 Å². The van der Waals surface area contributed by atoms with Gasteiger partial charge in [-0.3, -0.25) is 4.40 Å². The molecule has 116 valence electrons. The Morgan fingerprint density at radius 3 is 2.77 bits per heavy atom. The molecule has 22 heavy (non-hydrogen) atoms. The van der Waals surface area contributed by atoms with Crippen LogP contribution in [0.25, 0.3) is 16.2 Å². The number of methoxy groups -OCH3 is 1. The smallest absolute Gasteiger partial charge is 0.194 e. The molecule has 2 aromatic heterocycles. The standard InChI is InChI=1S/C17H21N3OS/c1-11(2)14-10-22-17-19-16(13(8-9-18)20(14)17)12-6-4-5-7-15(12)21-3/h4-7,10-11H,8-9,18H2,1-3H3. The van der Waals surface area contributed by atoms with Crippen LogP contribution in [0.15, 0.2) is 29.6 Å². The van der Waals surface area contributed by atoms with Crippen molar-refractivity contribution < 1.29 is 4.74 Å².